The number of anilines is 1. The molecule has 1 aromatic heterocycles. The highest BCUT2D eigenvalue weighted by molar-refractivity contribution is 5.91. The number of carbonyl (C=O) groups excluding carboxylic acids is 1. The lowest BCUT2D eigenvalue weighted by atomic mass is 10.2. The molecule has 1 fully saturated rings. The Labute approximate surface area is 107 Å². The van der Waals surface area contributed by atoms with Crippen LogP contribution in [0.5, 0.6) is 0 Å². The van der Waals surface area contributed by atoms with Crippen LogP contribution in [0.2, 0.25) is 0 Å². The molecule has 0 bridgehead atoms. The molecule has 1 atom stereocenters. The number of hydrogen-bond donors (Lipinski definition) is 2. The first-order valence-electron chi connectivity index (χ1n) is 6.31. The maximum atomic E-state index is 11.9. The molecular formula is C12H20N4O2. The number of carbonyl (C=O) groups is 1. The summed E-state index contributed by atoms with van der Waals surface area (Å²) in [6.45, 7) is 4.14. The molecule has 1 aliphatic rings. The number of rotatable bonds is 5. The van der Waals surface area contributed by atoms with Crippen molar-refractivity contribution in [2.24, 2.45) is 0 Å². The first-order valence-corrected chi connectivity index (χ1v) is 6.31. The van der Waals surface area contributed by atoms with Crippen LogP contribution in [0.1, 0.15) is 18.5 Å². The molecule has 1 saturated heterocycles. The van der Waals surface area contributed by atoms with E-state index < -0.39 is 0 Å². The van der Waals surface area contributed by atoms with Gasteiger partial charge in [0.15, 0.2) is 0 Å². The average Bonchev–Trinajstić information content (AvgIpc) is 2.90. The van der Waals surface area contributed by atoms with E-state index in [0.29, 0.717) is 18.5 Å². The molecule has 6 heteroatoms. The fourth-order valence-electron chi connectivity index (χ4n) is 2.35. The third-order valence-electron chi connectivity index (χ3n) is 3.18. The van der Waals surface area contributed by atoms with Crippen LogP contribution < -0.4 is 10.6 Å². The predicted molar refractivity (Wildman–Crippen MR) is 68.4 cm³/mol. The molecule has 2 N–H and O–H groups in total. The fourth-order valence-corrected chi connectivity index (χ4v) is 2.35. The van der Waals surface area contributed by atoms with Crippen LogP contribution in [0.3, 0.4) is 0 Å². The Morgan fingerprint density at radius 2 is 2.50 bits per heavy atom. The second-order valence-electron chi connectivity index (χ2n) is 4.70. The van der Waals surface area contributed by atoms with E-state index in [1.807, 2.05) is 14.0 Å². The molecule has 0 saturated carbocycles. The van der Waals surface area contributed by atoms with E-state index in [9.17, 15) is 4.79 Å². The predicted octanol–water partition coefficient (Wildman–Crippen LogP) is 0.605. The fraction of sp³-hybridized carbons (Fsp3) is 0.667. The van der Waals surface area contributed by atoms with Gasteiger partial charge in [-0.3, -0.25) is 15.0 Å². The second kappa shape index (κ2) is 5.97. The molecule has 2 rings (SSSR count). The van der Waals surface area contributed by atoms with E-state index in [1.54, 1.807) is 6.07 Å². The molecule has 18 heavy (non-hydrogen) atoms. The van der Waals surface area contributed by atoms with Gasteiger partial charge in [-0.15, -0.1) is 0 Å². The van der Waals surface area contributed by atoms with Crippen LogP contribution in [0.4, 0.5) is 5.88 Å². The molecule has 0 spiro atoms. The summed E-state index contributed by atoms with van der Waals surface area (Å²) >= 11 is 0. The quantitative estimate of drug-likeness (QED) is 0.803. The van der Waals surface area contributed by atoms with Crippen molar-refractivity contribution in [2.75, 3.05) is 32.0 Å². The lowest BCUT2D eigenvalue weighted by Gasteiger charge is -2.23. The van der Waals surface area contributed by atoms with Gasteiger partial charge in [-0.05, 0) is 33.4 Å². The Morgan fingerprint density at radius 1 is 1.67 bits per heavy atom. The van der Waals surface area contributed by atoms with E-state index >= 15 is 0 Å². The summed E-state index contributed by atoms with van der Waals surface area (Å²) in [6.07, 6.45) is 2.30. The lowest BCUT2D eigenvalue weighted by Crippen LogP contribution is -2.41. The molecule has 100 valence electrons. The smallest absolute Gasteiger partial charge is 0.240 e. The Bertz CT molecular complexity index is 405. The highest BCUT2D eigenvalue weighted by atomic mass is 16.5. The summed E-state index contributed by atoms with van der Waals surface area (Å²) in [5.41, 5.74) is 0.763. The first-order chi connectivity index (χ1) is 8.69. The molecule has 1 unspecified atom stereocenters. The van der Waals surface area contributed by atoms with Crippen molar-refractivity contribution in [1.82, 2.24) is 15.4 Å². The first kappa shape index (κ1) is 13.0. The van der Waals surface area contributed by atoms with E-state index in [-0.39, 0.29) is 5.91 Å². The number of hydrogen-bond acceptors (Lipinski definition) is 5. The van der Waals surface area contributed by atoms with E-state index in [1.165, 1.54) is 0 Å². The lowest BCUT2D eigenvalue weighted by molar-refractivity contribution is -0.117. The SMILES string of the molecule is CNCC1CCCN1CC(=O)Nc1cc(C)no1. The monoisotopic (exact) mass is 252 g/mol. The zero-order valence-corrected chi connectivity index (χ0v) is 10.9. The summed E-state index contributed by atoms with van der Waals surface area (Å²) in [7, 11) is 1.94. The van der Waals surface area contributed by atoms with Crippen molar-refractivity contribution in [3.63, 3.8) is 0 Å². The van der Waals surface area contributed by atoms with Gasteiger partial charge in [0.25, 0.3) is 0 Å². The third kappa shape index (κ3) is 3.30. The molecule has 1 aliphatic heterocycles. The van der Waals surface area contributed by atoms with Crippen molar-refractivity contribution in [3.05, 3.63) is 11.8 Å². The number of nitrogens with zero attached hydrogens (tertiary/aromatic N) is 2. The molecule has 0 radical (unpaired) electrons. The van der Waals surface area contributed by atoms with Gasteiger partial charge in [0.2, 0.25) is 11.8 Å². The molecule has 1 aromatic rings. The minimum atomic E-state index is -0.0471. The number of aryl methyl sites for hydroxylation is 1. The number of likely N-dealkylation sites (tertiary alicyclic amines) is 1. The summed E-state index contributed by atoms with van der Waals surface area (Å²) in [6, 6.07) is 2.17. The Kier molecular flexibility index (Phi) is 4.33. The molecule has 2 heterocycles. The van der Waals surface area contributed by atoms with Crippen LogP contribution in [-0.4, -0.2) is 48.7 Å². The highest BCUT2D eigenvalue weighted by Crippen LogP contribution is 2.16. The highest BCUT2D eigenvalue weighted by Gasteiger charge is 2.25. The number of aromatic nitrogens is 1. The second-order valence-corrected chi connectivity index (χ2v) is 4.70. The number of amides is 1. The largest absolute Gasteiger partial charge is 0.338 e. The average molecular weight is 252 g/mol. The van der Waals surface area contributed by atoms with Crippen LogP contribution in [-0.2, 0) is 4.79 Å². The molecule has 0 aromatic carbocycles. The van der Waals surface area contributed by atoms with Gasteiger partial charge in [0.1, 0.15) is 0 Å². The molecular weight excluding hydrogens is 232 g/mol. The van der Waals surface area contributed by atoms with Gasteiger partial charge in [-0.25, -0.2) is 0 Å². The minimum absolute atomic E-state index is 0.0471. The van der Waals surface area contributed by atoms with Crippen molar-refractivity contribution in [3.8, 4) is 0 Å². The van der Waals surface area contributed by atoms with Crippen molar-refractivity contribution < 1.29 is 9.32 Å². The van der Waals surface area contributed by atoms with E-state index in [2.05, 4.69) is 20.7 Å². The Hall–Kier alpha value is -1.40. The minimum Gasteiger partial charge on any atom is -0.338 e. The van der Waals surface area contributed by atoms with Gasteiger partial charge in [0, 0.05) is 18.7 Å². The Morgan fingerprint density at radius 3 is 3.17 bits per heavy atom. The van der Waals surface area contributed by atoms with Crippen LogP contribution in [0.15, 0.2) is 10.6 Å². The summed E-state index contributed by atoms with van der Waals surface area (Å²) in [5, 5.41) is 9.62. The van der Waals surface area contributed by atoms with Gasteiger partial charge < -0.3 is 9.84 Å². The summed E-state index contributed by atoms with van der Waals surface area (Å²) in [5.74, 6) is 0.371. The van der Waals surface area contributed by atoms with Crippen molar-refractivity contribution >= 4 is 11.8 Å². The zero-order chi connectivity index (χ0) is 13.0. The zero-order valence-electron chi connectivity index (χ0n) is 10.9. The maximum absolute atomic E-state index is 11.9. The van der Waals surface area contributed by atoms with Gasteiger partial charge in [0.05, 0.1) is 12.2 Å². The van der Waals surface area contributed by atoms with Crippen molar-refractivity contribution in [2.45, 2.75) is 25.8 Å². The summed E-state index contributed by atoms with van der Waals surface area (Å²) in [4.78, 5) is 14.1. The molecule has 6 nitrogen and oxygen atoms in total. The van der Waals surface area contributed by atoms with Gasteiger partial charge in [-0.1, -0.05) is 5.16 Å². The van der Waals surface area contributed by atoms with Crippen LogP contribution >= 0.6 is 0 Å². The third-order valence-corrected chi connectivity index (χ3v) is 3.18. The maximum Gasteiger partial charge on any atom is 0.240 e. The van der Waals surface area contributed by atoms with E-state index in [4.69, 9.17) is 4.52 Å². The summed E-state index contributed by atoms with van der Waals surface area (Å²) < 4.78 is 4.96. The van der Waals surface area contributed by atoms with E-state index in [0.717, 1.165) is 31.6 Å². The molecule has 0 aliphatic carbocycles. The number of nitrogens with one attached hydrogen (secondary N) is 2. The standard InChI is InChI=1S/C12H20N4O2/c1-9-6-12(18-15-9)14-11(17)8-16-5-3-4-10(16)7-13-2/h6,10,13H,3-5,7-8H2,1-2H3,(H,14,17). The molecule has 1 amide bonds. The van der Waals surface area contributed by atoms with Gasteiger partial charge in [-0.2, -0.15) is 0 Å². The topological polar surface area (TPSA) is 70.4 Å². The van der Waals surface area contributed by atoms with Gasteiger partial charge >= 0.3 is 0 Å². The Balaban J connectivity index is 1.83. The van der Waals surface area contributed by atoms with Crippen LogP contribution in [0, 0.1) is 6.92 Å². The number of likely N-dealkylation sites (N-methyl/N-ethyl adjacent to an activating group) is 1. The van der Waals surface area contributed by atoms with Crippen molar-refractivity contribution in [1.29, 1.82) is 0 Å². The van der Waals surface area contributed by atoms with Crippen LogP contribution in [0.25, 0.3) is 0 Å². The normalized spacial score (nSPS) is 20.2.